The second-order valence-electron chi connectivity index (χ2n) is 7.22. The van der Waals surface area contributed by atoms with Gasteiger partial charge in [0, 0.05) is 42.7 Å². The molecular formula is C18H21F4N3O2. The summed E-state index contributed by atoms with van der Waals surface area (Å²) in [6, 6.07) is 3.84. The van der Waals surface area contributed by atoms with Crippen molar-refractivity contribution in [1.29, 1.82) is 0 Å². The molecule has 5 nitrogen and oxygen atoms in total. The van der Waals surface area contributed by atoms with Crippen molar-refractivity contribution in [3.05, 3.63) is 29.3 Å². The van der Waals surface area contributed by atoms with Gasteiger partial charge in [0.15, 0.2) is 0 Å². The van der Waals surface area contributed by atoms with Gasteiger partial charge in [-0.3, -0.25) is 9.59 Å². The number of carbonyl (C=O) groups excluding carboxylic acids is 2. The molecular weight excluding hydrogens is 366 g/mol. The van der Waals surface area contributed by atoms with Crippen LogP contribution in [0, 0.1) is 0 Å². The summed E-state index contributed by atoms with van der Waals surface area (Å²) in [4.78, 5) is 27.2. The number of alkyl halides is 4. The van der Waals surface area contributed by atoms with Gasteiger partial charge in [0.25, 0.3) is 23.7 Å². The number of nitrogens with two attached hydrogens (primary N) is 1. The zero-order chi connectivity index (χ0) is 19.8. The van der Waals surface area contributed by atoms with Gasteiger partial charge >= 0.3 is 0 Å². The van der Waals surface area contributed by atoms with Crippen LogP contribution in [0.3, 0.4) is 0 Å². The standard InChI is InChI=1S/C18H21F4N3O2/c19-17(20)3-1-5-24(10-17)15(26)12-7-13(9-14(23)8-12)16(27)25-6-2-4-18(21,22)11-25/h7-9H,1-6,10-11,23H2. The molecule has 2 saturated heterocycles. The number of likely N-dealkylation sites (tertiary alicyclic amines) is 2. The molecule has 2 heterocycles. The molecule has 27 heavy (non-hydrogen) atoms. The van der Waals surface area contributed by atoms with Crippen LogP contribution in [0.1, 0.15) is 46.4 Å². The fourth-order valence-electron chi connectivity index (χ4n) is 3.54. The molecule has 9 heteroatoms. The third-order valence-corrected chi connectivity index (χ3v) is 4.81. The maximum Gasteiger partial charge on any atom is 0.265 e. The summed E-state index contributed by atoms with van der Waals surface area (Å²) in [6.07, 6.45) is -0.202. The minimum Gasteiger partial charge on any atom is -0.399 e. The number of hydrogen-bond donors (Lipinski definition) is 1. The monoisotopic (exact) mass is 387 g/mol. The van der Waals surface area contributed by atoms with Gasteiger partial charge < -0.3 is 15.5 Å². The van der Waals surface area contributed by atoms with Crippen LogP contribution in [0.25, 0.3) is 0 Å². The van der Waals surface area contributed by atoms with Crippen molar-refractivity contribution in [2.45, 2.75) is 37.5 Å². The highest BCUT2D eigenvalue weighted by Crippen LogP contribution is 2.29. The molecule has 0 aliphatic carbocycles. The maximum atomic E-state index is 13.6. The first-order valence-corrected chi connectivity index (χ1v) is 8.81. The molecule has 1 aromatic rings. The van der Waals surface area contributed by atoms with Gasteiger partial charge in [-0.15, -0.1) is 0 Å². The second kappa shape index (κ2) is 7.01. The molecule has 0 atom stereocenters. The lowest BCUT2D eigenvalue weighted by molar-refractivity contribution is -0.0560. The zero-order valence-electron chi connectivity index (χ0n) is 14.7. The Hall–Kier alpha value is -2.32. The predicted octanol–water partition coefficient (Wildman–Crippen LogP) is 3.01. The van der Waals surface area contributed by atoms with Gasteiger partial charge in [0.2, 0.25) is 0 Å². The van der Waals surface area contributed by atoms with E-state index in [-0.39, 0.29) is 55.6 Å². The van der Waals surface area contributed by atoms with Gasteiger partial charge in [0.05, 0.1) is 13.1 Å². The SMILES string of the molecule is Nc1cc(C(=O)N2CCCC(F)(F)C2)cc(C(=O)N2CCCC(F)(F)C2)c1. The Balaban J connectivity index is 1.82. The van der Waals surface area contributed by atoms with Crippen molar-refractivity contribution in [3.63, 3.8) is 0 Å². The first-order valence-electron chi connectivity index (χ1n) is 8.81. The minimum atomic E-state index is -2.95. The molecule has 0 unspecified atom stereocenters. The van der Waals surface area contributed by atoms with Crippen LogP contribution < -0.4 is 5.73 Å². The zero-order valence-corrected chi connectivity index (χ0v) is 14.7. The smallest absolute Gasteiger partial charge is 0.265 e. The van der Waals surface area contributed by atoms with Gasteiger partial charge in [0.1, 0.15) is 0 Å². The van der Waals surface area contributed by atoms with Crippen LogP contribution in [-0.2, 0) is 0 Å². The van der Waals surface area contributed by atoms with Crippen LogP contribution in [0.15, 0.2) is 18.2 Å². The normalized spacial score (nSPS) is 21.8. The Morgan fingerprint density at radius 2 is 1.22 bits per heavy atom. The number of rotatable bonds is 2. The molecule has 148 valence electrons. The Morgan fingerprint density at radius 3 is 1.59 bits per heavy atom. The van der Waals surface area contributed by atoms with Crippen LogP contribution in [0.2, 0.25) is 0 Å². The molecule has 0 radical (unpaired) electrons. The van der Waals surface area contributed by atoms with Crippen molar-refractivity contribution in [3.8, 4) is 0 Å². The van der Waals surface area contributed by atoms with E-state index in [2.05, 4.69) is 0 Å². The quantitative estimate of drug-likeness (QED) is 0.627. The van der Waals surface area contributed by atoms with Gasteiger partial charge in [-0.25, -0.2) is 17.6 Å². The number of anilines is 1. The molecule has 2 aliphatic rings. The average molecular weight is 387 g/mol. The molecule has 0 bridgehead atoms. The molecule has 0 spiro atoms. The van der Waals surface area contributed by atoms with Gasteiger partial charge in [-0.05, 0) is 31.0 Å². The van der Waals surface area contributed by atoms with Crippen molar-refractivity contribution < 1.29 is 27.2 Å². The summed E-state index contributed by atoms with van der Waals surface area (Å²) in [5.41, 5.74) is 5.86. The summed E-state index contributed by atoms with van der Waals surface area (Å²) >= 11 is 0. The van der Waals surface area contributed by atoms with Gasteiger partial charge in [-0.2, -0.15) is 0 Å². The fourth-order valence-corrected chi connectivity index (χ4v) is 3.54. The molecule has 2 N–H and O–H groups in total. The Bertz CT molecular complexity index is 696. The lowest BCUT2D eigenvalue weighted by Crippen LogP contribution is -2.46. The largest absolute Gasteiger partial charge is 0.399 e. The lowest BCUT2D eigenvalue weighted by atomic mass is 10.0. The van der Waals surface area contributed by atoms with E-state index in [1.807, 2.05) is 0 Å². The van der Waals surface area contributed by atoms with E-state index in [4.69, 9.17) is 5.73 Å². The van der Waals surface area contributed by atoms with E-state index in [0.29, 0.717) is 0 Å². The topological polar surface area (TPSA) is 66.6 Å². The van der Waals surface area contributed by atoms with Crippen LogP contribution in [0.5, 0.6) is 0 Å². The van der Waals surface area contributed by atoms with Crippen molar-refractivity contribution in [1.82, 2.24) is 9.80 Å². The summed E-state index contributed by atoms with van der Waals surface area (Å²) in [5.74, 6) is -7.21. The lowest BCUT2D eigenvalue weighted by Gasteiger charge is -2.33. The van der Waals surface area contributed by atoms with E-state index < -0.39 is 36.7 Å². The number of piperidine rings is 2. The van der Waals surface area contributed by atoms with Crippen molar-refractivity contribution >= 4 is 17.5 Å². The second-order valence-corrected chi connectivity index (χ2v) is 7.22. The highest BCUT2D eigenvalue weighted by Gasteiger charge is 2.39. The van der Waals surface area contributed by atoms with Crippen LogP contribution in [0.4, 0.5) is 23.2 Å². The molecule has 1 aromatic carbocycles. The van der Waals surface area contributed by atoms with E-state index in [0.717, 1.165) is 9.80 Å². The fraction of sp³-hybridized carbons (Fsp3) is 0.556. The van der Waals surface area contributed by atoms with Gasteiger partial charge in [-0.1, -0.05) is 0 Å². The first kappa shape index (κ1) is 19.4. The highest BCUT2D eigenvalue weighted by atomic mass is 19.3. The number of hydrogen-bond acceptors (Lipinski definition) is 3. The molecule has 0 saturated carbocycles. The summed E-state index contributed by atoms with van der Waals surface area (Å²) < 4.78 is 54.3. The summed E-state index contributed by atoms with van der Waals surface area (Å²) in [6.45, 7) is -1.01. The maximum absolute atomic E-state index is 13.6. The Kier molecular flexibility index (Phi) is 5.05. The summed E-state index contributed by atoms with van der Waals surface area (Å²) in [7, 11) is 0. The average Bonchev–Trinajstić information content (AvgIpc) is 2.58. The van der Waals surface area contributed by atoms with Crippen LogP contribution >= 0.6 is 0 Å². The minimum absolute atomic E-state index is 0.000167. The highest BCUT2D eigenvalue weighted by molar-refractivity contribution is 6.01. The predicted molar refractivity (Wildman–Crippen MR) is 91.0 cm³/mol. The molecule has 3 rings (SSSR count). The molecule has 0 aromatic heterocycles. The Labute approximate surface area is 154 Å². The van der Waals surface area contributed by atoms with E-state index in [1.165, 1.54) is 18.2 Å². The number of amides is 2. The molecule has 2 fully saturated rings. The number of nitrogen functional groups attached to an aromatic ring is 1. The third-order valence-electron chi connectivity index (χ3n) is 4.81. The number of halogens is 4. The number of benzene rings is 1. The first-order chi connectivity index (χ1) is 12.6. The van der Waals surface area contributed by atoms with E-state index in [1.54, 1.807) is 0 Å². The Morgan fingerprint density at radius 1 is 0.815 bits per heavy atom. The number of carbonyl (C=O) groups is 2. The van der Waals surface area contributed by atoms with Crippen LogP contribution in [-0.4, -0.2) is 59.6 Å². The molecule has 2 aliphatic heterocycles. The van der Waals surface area contributed by atoms with E-state index in [9.17, 15) is 27.2 Å². The van der Waals surface area contributed by atoms with Crippen molar-refractivity contribution in [2.75, 3.05) is 31.9 Å². The van der Waals surface area contributed by atoms with Crippen molar-refractivity contribution in [2.24, 2.45) is 0 Å². The third kappa shape index (κ3) is 4.51. The summed E-state index contributed by atoms with van der Waals surface area (Å²) in [5, 5.41) is 0. The van der Waals surface area contributed by atoms with E-state index >= 15 is 0 Å². The molecule has 2 amide bonds. The number of nitrogens with zero attached hydrogens (tertiary/aromatic N) is 2.